The minimum absolute atomic E-state index is 0.113. The molecule has 2 aromatic carbocycles. The van der Waals surface area contributed by atoms with Gasteiger partial charge in [0.25, 0.3) is 5.91 Å². The summed E-state index contributed by atoms with van der Waals surface area (Å²) in [5.41, 5.74) is 2.69. The first-order valence-corrected chi connectivity index (χ1v) is 11.5. The van der Waals surface area contributed by atoms with E-state index in [2.05, 4.69) is 10.6 Å². The largest absolute Gasteiger partial charge is 0.496 e. The number of methoxy groups -OCH3 is 3. The Morgan fingerprint density at radius 2 is 1.75 bits per heavy atom. The topological polar surface area (TPSA) is 109 Å². The fourth-order valence-corrected chi connectivity index (χ4v) is 4.50. The van der Waals surface area contributed by atoms with E-state index in [0.717, 1.165) is 5.56 Å². The van der Waals surface area contributed by atoms with E-state index in [0.29, 0.717) is 47.0 Å². The van der Waals surface area contributed by atoms with Gasteiger partial charge in [-0.05, 0) is 30.2 Å². The molecule has 2 aromatic rings. The fourth-order valence-electron chi connectivity index (χ4n) is 4.50. The maximum atomic E-state index is 13.4. The molecule has 0 radical (unpaired) electrons. The van der Waals surface area contributed by atoms with Crippen LogP contribution in [-0.2, 0) is 16.0 Å². The lowest BCUT2D eigenvalue weighted by Gasteiger charge is -2.31. The van der Waals surface area contributed by atoms with Crippen molar-refractivity contribution in [2.24, 2.45) is 0 Å². The van der Waals surface area contributed by atoms with Gasteiger partial charge in [-0.1, -0.05) is 24.3 Å². The van der Waals surface area contributed by atoms with Gasteiger partial charge in [0.05, 0.1) is 45.2 Å². The van der Waals surface area contributed by atoms with Gasteiger partial charge in [0, 0.05) is 19.2 Å². The number of hydrogen-bond donors (Lipinski definition) is 2. The molecule has 1 atom stereocenters. The molecule has 2 aliphatic rings. The van der Waals surface area contributed by atoms with E-state index in [1.165, 1.54) is 9.80 Å². The second-order valence-corrected chi connectivity index (χ2v) is 8.49. The quantitative estimate of drug-likeness (QED) is 0.551. The Labute approximate surface area is 209 Å². The molecule has 0 aromatic heterocycles. The van der Waals surface area contributed by atoms with Crippen LogP contribution in [0, 0.1) is 0 Å². The molecule has 0 saturated carbocycles. The molecule has 190 valence electrons. The summed E-state index contributed by atoms with van der Waals surface area (Å²) < 4.78 is 16.0. The summed E-state index contributed by atoms with van der Waals surface area (Å²) in [5.74, 6) is 1.26. The van der Waals surface area contributed by atoms with Crippen LogP contribution in [0.5, 0.6) is 17.2 Å². The third-order valence-corrected chi connectivity index (χ3v) is 6.40. The minimum Gasteiger partial charge on any atom is -0.496 e. The molecule has 0 bridgehead atoms. The zero-order valence-corrected chi connectivity index (χ0v) is 20.8. The van der Waals surface area contributed by atoms with E-state index in [1.807, 2.05) is 36.4 Å². The van der Waals surface area contributed by atoms with Crippen LogP contribution in [0.25, 0.3) is 0 Å². The summed E-state index contributed by atoms with van der Waals surface area (Å²) in [7, 11) is 6.30. The molecule has 4 rings (SSSR count). The molecule has 2 aliphatic heterocycles. The van der Waals surface area contributed by atoms with E-state index < -0.39 is 6.04 Å². The van der Waals surface area contributed by atoms with Crippen LogP contribution in [-0.4, -0.2) is 75.7 Å². The average Bonchev–Trinajstić information content (AvgIpc) is 3.21. The molecule has 10 nitrogen and oxygen atoms in total. The molecule has 36 heavy (non-hydrogen) atoms. The average molecular weight is 495 g/mol. The first-order valence-electron chi connectivity index (χ1n) is 11.5. The Bertz CT molecular complexity index is 1210. The van der Waals surface area contributed by atoms with Crippen LogP contribution in [0.3, 0.4) is 0 Å². The maximum Gasteiger partial charge on any atom is 0.322 e. The second kappa shape index (κ2) is 10.6. The first-order chi connectivity index (χ1) is 17.4. The predicted molar refractivity (Wildman–Crippen MR) is 132 cm³/mol. The summed E-state index contributed by atoms with van der Waals surface area (Å²) in [6.45, 7) is 0.457. The molecule has 0 fully saturated rings. The number of nitrogens with zero attached hydrogens (tertiary/aromatic N) is 2. The summed E-state index contributed by atoms with van der Waals surface area (Å²) >= 11 is 0. The van der Waals surface area contributed by atoms with E-state index >= 15 is 0 Å². The van der Waals surface area contributed by atoms with Crippen molar-refractivity contribution < 1.29 is 28.6 Å². The van der Waals surface area contributed by atoms with E-state index in [4.69, 9.17) is 14.2 Å². The Balaban J connectivity index is 1.41. The molecule has 4 amide bonds. The number of para-hydroxylation sites is 1. The molecule has 0 spiro atoms. The SMILES string of the molecule is COc1ccc(CCNC(=O)CN2CC3=C(C2=O)C(c2ccccc2OC)NC(=O)N3C)cc1OC. The van der Waals surface area contributed by atoms with Crippen LogP contribution in [0.15, 0.2) is 53.7 Å². The van der Waals surface area contributed by atoms with E-state index in [9.17, 15) is 14.4 Å². The Kier molecular flexibility index (Phi) is 7.33. The number of amides is 4. The molecule has 0 aliphatic carbocycles. The van der Waals surface area contributed by atoms with Crippen molar-refractivity contribution >= 4 is 17.8 Å². The minimum atomic E-state index is -0.662. The van der Waals surface area contributed by atoms with Crippen LogP contribution < -0.4 is 24.8 Å². The van der Waals surface area contributed by atoms with Gasteiger partial charge in [-0.25, -0.2) is 4.79 Å². The first kappa shape index (κ1) is 24.9. The molecule has 10 heteroatoms. The van der Waals surface area contributed by atoms with Crippen LogP contribution >= 0.6 is 0 Å². The molecular formula is C26H30N4O6. The highest BCUT2D eigenvalue weighted by Gasteiger charge is 2.44. The lowest BCUT2D eigenvalue weighted by Crippen LogP contribution is -2.45. The molecular weight excluding hydrogens is 464 g/mol. The number of rotatable bonds is 9. The van der Waals surface area contributed by atoms with Crippen molar-refractivity contribution in [2.45, 2.75) is 12.5 Å². The number of carbonyl (C=O) groups excluding carboxylic acids is 3. The summed E-state index contributed by atoms with van der Waals surface area (Å²) in [5, 5.41) is 5.75. The van der Waals surface area contributed by atoms with Crippen molar-refractivity contribution in [3.8, 4) is 17.2 Å². The van der Waals surface area contributed by atoms with Gasteiger partial charge in [0.1, 0.15) is 12.3 Å². The summed E-state index contributed by atoms with van der Waals surface area (Å²) in [4.78, 5) is 41.6. The monoisotopic (exact) mass is 494 g/mol. The van der Waals surface area contributed by atoms with Gasteiger partial charge in [0.15, 0.2) is 11.5 Å². The van der Waals surface area contributed by atoms with Crippen molar-refractivity contribution in [1.29, 1.82) is 0 Å². The van der Waals surface area contributed by atoms with Gasteiger partial charge >= 0.3 is 6.03 Å². The lowest BCUT2D eigenvalue weighted by atomic mass is 9.95. The highest BCUT2D eigenvalue weighted by atomic mass is 16.5. The standard InChI is InChI=1S/C26H30N4O6/c1-29-18-14-30(15-22(31)27-12-11-16-9-10-20(35-3)21(13-16)36-4)25(32)23(18)24(28-26(29)33)17-7-5-6-8-19(17)34-2/h5-10,13,24H,11-12,14-15H2,1-4H3,(H,27,31)(H,28,33). The zero-order chi connectivity index (χ0) is 25.8. The van der Waals surface area contributed by atoms with Crippen molar-refractivity contribution in [1.82, 2.24) is 20.4 Å². The summed E-state index contributed by atoms with van der Waals surface area (Å²) in [6, 6.07) is 11.9. The Morgan fingerprint density at radius 1 is 1.03 bits per heavy atom. The fraction of sp³-hybridized carbons (Fsp3) is 0.346. The maximum absolute atomic E-state index is 13.4. The van der Waals surface area contributed by atoms with Crippen molar-refractivity contribution in [2.75, 3.05) is 48.0 Å². The molecule has 2 N–H and O–H groups in total. The highest BCUT2D eigenvalue weighted by Crippen LogP contribution is 2.38. The van der Waals surface area contributed by atoms with Crippen LogP contribution in [0.1, 0.15) is 17.2 Å². The smallest absolute Gasteiger partial charge is 0.322 e. The summed E-state index contributed by atoms with van der Waals surface area (Å²) in [6.07, 6.45) is 0.589. The Morgan fingerprint density at radius 3 is 2.47 bits per heavy atom. The number of nitrogens with one attached hydrogen (secondary N) is 2. The van der Waals surface area contributed by atoms with Gasteiger partial charge in [-0.2, -0.15) is 0 Å². The number of likely N-dealkylation sites (N-methyl/N-ethyl adjacent to an activating group) is 1. The normalized spacial score (nSPS) is 17.1. The molecule has 0 saturated heterocycles. The van der Waals surface area contributed by atoms with Crippen LogP contribution in [0.2, 0.25) is 0 Å². The number of hydrogen-bond acceptors (Lipinski definition) is 6. The van der Waals surface area contributed by atoms with Gasteiger partial charge in [0.2, 0.25) is 5.91 Å². The van der Waals surface area contributed by atoms with Crippen LogP contribution in [0.4, 0.5) is 4.79 Å². The van der Waals surface area contributed by atoms with E-state index in [1.54, 1.807) is 34.4 Å². The number of carbonyl (C=O) groups is 3. The zero-order valence-electron chi connectivity index (χ0n) is 20.8. The van der Waals surface area contributed by atoms with Crippen molar-refractivity contribution in [3.05, 3.63) is 64.9 Å². The van der Waals surface area contributed by atoms with Gasteiger partial charge in [-0.15, -0.1) is 0 Å². The number of benzene rings is 2. The molecule has 2 heterocycles. The third kappa shape index (κ3) is 4.79. The lowest BCUT2D eigenvalue weighted by molar-refractivity contribution is -0.131. The van der Waals surface area contributed by atoms with Gasteiger partial charge < -0.3 is 29.7 Å². The predicted octanol–water partition coefficient (Wildman–Crippen LogP) is 1.86. The number of ether oxygens (including phenoxy) is 3. The third-order valence-electron chi connectivity index (χ3n) is 6.40. The van der Waals surface area contributed by atoms with E-state index in [-0.39, 0.29) is 30.9 Å². The van der Waals surface area contributed by atoms with Crippen molar-refractivity contribution in [3.63, 3.8) is 0 Å². The second-order valence-electron chi connectivity index (χ2n) is 8.49. The number of urea groups is 1. The Hall–Kier alpha value is -4.21. The molecule has 1 unspecified atom stereocenters. The van der Waals surface area contributed by atoms with Gasteiger partial charge in [-0.3, -0.25) is 14.5 Å². The highest BCUT2D eigenvalue weighted by molar-refractivity contribution is 6.03.